The van der Waals surface area contributed by atoms with Gasteiger partial charge in [-0.2, -0.15) is 0 Å². The number of piperidine rings is 1. The molecule has 23 heavy (non-hydrogen) atoms. The number of halogens is 2. The molecule has 2 unspecified atom stereocenters. The maximum Gasteiger partial charge on any atom is 0.251 e. The van der Waals surface area contributed by atoms with Crippen molar-refractivity contribution in [1.82, 2.24) is 16.0 Å². The van der Waals surface area contributed by atoms with Crippen molar-refractivity contribution in [2.45, 2.75) is 38.3 Å². The van der Waals surface area contributed by atoms with Crippen LogP contribution in [0.2, 0.25) is 0 Å². The second-order valence-corrected chi connectivity index (χ2v) is 6.57. The molecule has 2 rings (SSSR count). The van der Waals surface area contributed by atoms with Crippen LogP contribution in [0.25, 0.3) is 0 Å². The molecule has 5 nitrogen and oxygen atoms in total. The van der Waals surface area contributed by atoms with Gasteiger partial charge >= 0.3 is 0 Å². The minimum atomic E-state index is -0.157. The predicted molar refractivity (Wildman–Crippen MR) is 97.0 cm³/mol. The molecule has 7 heteroatoms. The normalized spacial score (nSPS) is 20.3. The quantitative estimate of drug-likeness (QED) is 0.705. The summed E-state index contributed by atoms with van der Waals surface area (Å²) >= 11 is 3.33. The van der Waals surface area contributed by atoms with E-state index in [1.807, 2.05) is 12.1 Å². The molecule has 3 N–H and O–H groups in total. The molecular weight excluding hydrogens is 382 g/mol. The third-order valence-corrected chi connectivity index (χ3v) is 4.26. The molecule has 0 spiro atoms. The Kier molecular flexibility index (Phi) is 8.58. The minimum absolute atomic E-state index is 0. The van der Waals surface area contributed by atoms with Gasteiger partial charge in [0.2, 0.25) is 5.91 Å². The average Bonchev–Trinajstić information content (AvgIpc) is 2.47. The topological polar surface area (TPSA) is 70.2 Å². The van der Waals surface area contributed by atoms with Crippen molar-refractivity contribution >= 4 is 40.2 Å². The van der Waals surface area contributed by atoms with Gasteiger partial charge < -0.3 is 16.0 Å². The van der Waals surface area contributed by atoms with Crippen LogP contribution in [0.1, 0.15) is 36.5 Å². The zero-order valence-corrected chi connectivity index (χ0v) is 15.5. The molecule has 1 heterocycles. The Morgan fingerprint density at radius 3 is 2.65 bits per heavy atom. The summed E-state index contributed by atoms with van der Waals surface area (Å²) in [4.78, 5) is 23.8. The van der Waals surface area contributed by atoms with Crippen LogP contribution in [0.4, 0.5) is 0 Å². The molecule has 1 aromatic carbocycles. The highest BCUT2D eigenvalue weighted by molar-refractivity contribution is 9.10. The first kappa shape index (κ1) is 19.9. The molecule has 0 bridgehead atoms. The van der Waals surface area contributed by atoms with Crippen LogP contribution in [-0.2, 0) is 4.79 Å². The third-order valence-electron chi connectivity index (χ3n) is 3.73. The van der Waals surface area contributed by atoms with E-state index in [0.717, 1.165) is 23.9 Å². The summed E-state index contributed by atoms with van der Waals surface area (Å²) in [7, 11) is 0. The molecule has 1 fully saturated rings. The van der Waals surface area contributed by atoms with Gasteiger partial charge in [0.1, 0.15) is 0 Å². The van der Waals surface area contributed by atoms with Crippen LogP contribution < -0.4 is 16.0 Å². The molecule has 2 atom stereocenters. The third kappa shape index (κ3) is 6.89. The molecule has 1 saturated heterocycles. The lowest BCUT2D eigenvalue weighted by molar-refractivity contribution is -0.121. The molecule has 1 aliphatic heterocycles. The number of amides is 2. The van der Waals surface area contributed by atoms with E-state index in [1.165, 1.54) is 0 Å². The van der Waals surface area contributed by atoms with E-state index >= 15 is 0 Å². The van der Waals surface area contributed by atoms with Crippen LogP contribution >= 0.6 is 28.3 Å². The fraction of sp³-hybridized carbons (Fsp3) is 0.500. The number of nitrogens with one attached hydrogen (secondary N) is 3. The van der Waals surface area contributed by atoms with Crippen molar-refractivity contribution in [3.05, 3.63) is 34.3 Å². The number of carbonyl (C=O) groups excluding carboxylic acids is 2. The lowest BCUT2D eigenvalue weighted by atomic mass is 10.0. The van der Waals surface area contributed by atoms with E-state index in [9.17, 15) is 9.59 Å². The van der Waals surface area contributed by atoms with Crippen LogP contribution in [0.5, 0.6) is 0 Å². The fourth-order valence-electron chi connectivity index (χ4n) is 2.56. The van der Waals surface area contributed by atoms with Gasteiger partial charge in [-0.25, -0.2) is 0 Å². The smallest absolute Gasteiger partial charge is 0.251 e. The lowest BCUT2D eigenvalue weighted by Crippen LogP contribution is -2.47. The van der Waals surface area contributed by atoms with E-state index in [0.29, 0.717) is 24.6 Å². The van der Waals surface area contributed by atoms with Crippen LogP contribution in [0.3, 0.4) is 0 Å². The highest BCUT2D eigenvalue weighted by Crippen LogP contribution is 2.10. The van der Waals surface area contributed by atoms with E-state index < -0.39 is 0 Å². The lowest BCUT2D eigenvalue weighted by Gasteiger charge is -2.28. The minimum Gasteiger partial charge on any atom is -0.353 e. The molecule has 1 aliphatic rings. The summed E-state index contributed by atoms with van der Waals surface area (Å²) < 4.78 is 0.930. The molecule has 1 aromatic rings. The van der Waals surface area contributed by atoms with Gasteiger partial charge in [-0.05, 0) is 50.6 Å². The molecular formula is C16H23BrClN3O2. The molecule has 2 amide bonds. The number of hydrogen-bond donors (Lipinski definition) is 3. The van der Waals surface area contributed by atoms with Gasteiger partial charge in [-0.1, -0.05) is 15.9 Å². The van der Waals surface area contributed by atoms with Crippen molar-refractivity contribution in [2.24, 2.45) is 0 Å². The van der Waals surface area contributed by atoms with Crippen LogP contribution in [-0.4, -0.2) is 37.0 Å². The van der Waals surface area contributed by atoms with Crippen molar-refractivity contribution in [1.29, 1.82) is 0 Å². The van der Waals surface area contributed by atoms with Crippen molar-refractivity contribution in [3.8, 4) is 0 Å². The number of rotatable bonds is 5. The van der Waals surface area contributed by atoms with Gasteiger partial charge in [0.05, 0.1) is 0 Å². The number of benzene rings is 1. The molecule has 0 aromatic heterocycles. The Bertz CT molecular complexity index is 525. The van der Waals surface area contributed by atoms with E-state index in [2.05, 4.69) is 38.8 Å². The Morgan fingerprint density at radius 1 is 1.30 bits per heavy atom. The van der Waals surface area contributed by atoms with E-state index in [1.54, 1.807) is 12.1 Å². The molecule has 0 saturated carbocycles. The highest BCUT2D eigenvalue weighted by atomic mass is 79.9. The summed E-state index contributed by atoms with van der Waals surface area (Å²) in [5.74, 6) is -0.161. The average molecular weight is 405 g/mol. The van der Waals surface area contributed by atoms with E-state index in [4.69, 9.17) is 0 Å². The van der Waals surface area contributed by atoms with Crippen molar-refractivity contribution < 1.29 is 9.59 Å². The van der Waals surface area contributed by atoms with Gasteiger partial charge in [0, 0.05) is 35.1 Å². The summed E-state index contributed by atoms with van der Waals surface area (Å²) in [6.07, 6.45) is 2.22. The Labute approximate surface area is 151 Å². The SMILES string of the molecule is CC1CC(NC(=O)CCNC(=O)c2ccc(Br)cc2)CCN1.Cl. The maximum absolute atomic E-state index is 11.9. The summed E-state index contributed by atoms with van der Waals surface area (Å²) in [6, 6.07) is 7.81. The second-order valence-electron chi connectivity index (χ2n) is 5.66. The summed E-state index contributed by atoms with van der Waals surface area (Å²) in [5, 5.41) is 9.16. The molecule has 128 valence electrons. The van der Waals surface area contributed by atoms with Crippen molar-refractivity contribution in [2.75, 3.05) is 13.1 Å². The first-order chi connectivity index (χ1) is 10.5. The number of carbonyl (C=O) groups is 2. The Morgan fingerprint density at radius 2 is 2.00 bits per heavy atom. The Balaban J connectivity index is 0.00000264. The van der Waals surface area contributed by atoms with Gasteiger partial charge in [0.15, 0.2) is 0 Å². The zero-order chi connectivity index (χ0) is 15.9. The van der Waals surface area contributed by atoms with E-state index in [-0.39, 0.29) is 30.3 Å². The maximum atomic E-state index is 11.9. The van der Waals surface area contributed by atoms with Crippen LogP contribution in [0, 0.1) is 0 Å². The predicted octanol–water partition coefficient (Wildman–Crippen LogP) is 2.25. The first-order valence-electron chi connectivity index (χ1n) is 7.61. The largest absolute Gasteiger partial charge is 0.353 e. The highest BCUT2D eigenvalue weighted by Gasteiger charge is 2.19. The van der Waals surface area contributed by atoms with Crippen molar-refractivity contribution in [3.63, 3.8) is 0 Å². The fourth-order valence-corrected chi connectivity index (χ4v) is 2.82. The van der Waals surface area contributed by atoms with Gasteiger partial charge in [-0.15, -0.1) is 12.4 Å². The summed E-state index contributed by atoms with van der Waals surface area (Å²) in [6.45, 7) is 3.41. The zero-order valence-electron chi connectivity index (χ0n) is 13.1. The monoisotopic (exact) mass is 403 g/mol. The van der Waals surface area contributed by atoms with Gasteiger partial charge in [-0.3, -0.25) is 9.59 Å². The van der Waals surface area contributed by atoms with Crippen LogP contribution in [0.15, 0.2) is 28.7 Å². The first-order valence-corrected chi connectivity index (χ1v) is 8.40. The molecule has 0 aliphatic carbocycles. The summed E-state index contributed by atoms with van der Waals surface area (Å²) in [5.41, 5.74) is 0.593. The standard InChI is InChI=1S/C16H22BrN3O2.ClH/c1-11-10-14(6-8-18-11)20-15(21)7-9-19-16(22)12-2-4-13(17)5-3-12;/h2-5,11,14,18H,6-10H2,1H3,(H,19,22)(H,20,21);1H. The van der Waals surface area contributed by atoms with Gasteiger partial charge in [0.25, 0.3) is 5.91 Å². The molecule has 0 radical (unpaired) electrons. The Hall–Kier alpha value is -1.11. The number of hydrogen-bond acceptors (Lipinski definition) is 3. The second kappa shape index (κ2) is 9.90.